The quantitative estimate of drug-likeness (QED) is 0.356. The monoisotopic (exact) mass is 498 g/mol. The van der Waals surface area contributed by atoms with Gasteiger partial charge in [0, 0.05) is 30.8 Å². The van der Waals surface area contributed by atoms with Gasteiger partial charge in [-0.15, -0.1) is 0 Å². The Labute approximate surface area is 214 Å². The maximum Gasteiger partial charge on any atom is 0.163 e. The SMILES string of the molecule is C=C(Cc1ccccc1OC)N=C(SC)N1CCC(CCc2ccc(OC)cc2)CC1.C=O.C=O. The molecule has 0 amide bonds. The van der Waals surface area contributed by atoms with Crippen molar-refractivity contribution >= 4 is 30.5 Å². The summed E-state index contributed by atoms with van der Waals surface area (Å²) in [6, 6.07) is 16.5. The van der Waals surface area contributed by atoms with Crippen LogP contribution >= 0.6 is 11.8 Å². The molecule has 0 unspecified atom stereocenters. The van der Waals surface area contributed by atoms with Crippen LogP contribution < -0.4 is 9.47 Å². The van der Waals surface area contributed by atoms with Gasteiger partial charge in [-0.25, -0.2) is 4.99 Å². The van der Waals surface area contributed by atoms with Gasteiger partial charge in [-0.2, -0.15) is 0 Å². The smallest absolute Gasteiger partial charge is 0.163 e. The first-order chi connectivity index (χ1) is 17.1. The number of ether oxygens (including phenoxy) is 2. The minimum absolute atomic E-state index is 0.701. The number of thioether (sulfide) groups is 1. The normalized spacial score (nSPS) is 13.6. The largest absolute Gasteiger partial charge is 0.497 e. The number of aliphatic imine (C=N–C) groups is 1. The molecule has 2 aromatic carbocycles. The van der Waals surface area contributed by atoms with E-state index in [4.69, 9.17) is 24.1 Å². The first-order valence-electron chi connectivity index (χ1n) is 11.5. The highest BCUT2D eigenvalue weighted by Crippen LogP contribution is 2.26. The van der Waals surface area contributed by atoms with Crippen molar-refractivity contribution in [1.82, 2.24) is 4.90 Å². The number of hydrogen-bond acceptors (Lipinski definition) is 6. The molecule has 1 fully saturated rings. The number of hydrogen-bond donors (Lipinski definition) is 0. The lowest BCUT2D eigenvalue weighted by Gasteiger charge is -2.33. The minimum Gasteiger partial charge on any atom is -0.497 e. The third-order valence-electron chi connectivity index (χ3n) is 5.91. The second-order valence-corrected chi connectivity index (χ2v) is 8.74. The van der Waals surface area contributed by atoms with E-state index < -0.39 is 0 Å². The van der Waals surface area contributed by atoms with Gasteiger partial charge < -0.3 is 24.0 Å². The number of carbonyl (C=O) groups excluding carboxylic acids is 2. The molecule has 3 rings (SSSR count). The van der Waals surface area contributed by atoms with Gasteiger partial charge in [-0.05, 0) is 61.6 Å². The zero-order chi connectivity index (χ0) is 26.1. The molecule has 1 heterocycles. The number of likely N-dealkylation sites (tertiary alicyclic amines) is 1. The second kappa shape index (κ2) is 17.4. The van der Waals surface area contributed by atoms with E-state index in [0.29, 0.717) is 6.42 Å². The first-order valence-corrected chi connectivity index (χ1v) is 12.7. The number of benzene rings is 2. The maximum atomic E-state index is 8.00. The molecular weight excluding hydrogens is 460 g/mol. The van der Waals surface area contributed by atoms with Crippen molar-refractivity contribution in [3.63, 3.8) is 0 Å². The van der Waals surface area contributed by atoms with Crippen molar-refractivity contribution in [2.24, 2.45) is 10.9 Å². The molecule has 1 aliphatic rings. The Morgan fingerprint density at radius 2 is 1.63 bits per heavy atom. The number of methoxy groups -OCH3 is 2. The third kappa shape index (κ3) is 9.99. The van der Waals surface area contributed by atoms with E-state index in [2.05, 4.69) is 48.1 Å². The van der Waals surface area contributed by atoms with Crippen LogP contribution in [0.4, 0.5) is 0 Å². The highest BCUT2D eigenvalue weighted by Gasteiger charge is 2.21. The number of allylic oxidation sites excluding steroid dienone is 1. The van der Waals surface area contributed by atoms with Gasteiger partial charge in [0.15, 0.2) is 5.17 Å². The lowest BCUT2D eigenvalue weighted by molar-refractivity contribution is -0.0987. The average molecular weight is 499 g/mol. The molecule has 35 heavy (non-hydrogen) atoms. The fourth-order valence-corrected chi connectivity index (χ4v) is 4.73. The van der Waals surface area contributed by atoms with Gasteiger partial charge in [0.05, 0.1) is 14.2 Å². The van der Waals surface area contributed by atoms with Crippen LogP contribution in [0.5, 0.6) is 11.5 Å². The van der Waals surface area contributed by atoms with Crippen molar-refractivity contribution in [3.8, 4) is 11.5 Å². The molecule has 1 aliphatic heterocycles. The summed E-state index contributed by atoms with van der Waals surface area (Å²) >= 11 is 1.71. The summed E-state index contributed by atoms with van der Waals surface area (Å²) in [5.41, 5.74) is 3.38. The topological polar surface area (TPSA) is 68.2 Å². The second-order valence-electron chi connectivity index (χ2n) is 7.97. The van der Waals surface area contributed by atoms with Gasteiger partial charge >= 0.3 is 0 Å². The Balaban J connectivity index is 0.00000145. The molecule has 0 spiro atoms. The van der Waals surface area contributed by atoms with Crippen LogP contribution in [0.25, 0.3) is 0 Å². The van der Waals surface area contributed by atoms with Crippen molar-refractivity contribution in [2.75, 3.05) is 33.6 Å². The molecule has 1 saturated heterocycles. The summed E-state index contributed by atoms with van der Waals surface area (Å²) in [6.45, 7) is 10.3. The van der Waals surface area contributed by atoms with Gasteiger partial charge in [-0.1, -0.05) is 48.7 Å². The van der Waals surface area contributed by atoms with Crippen LogP contribution in [0, 0.1) is 5.92 Å². The molecule has 6 nitrogen and oxygen atoms in total. The first kappa shape index (κ1) is 30.0. The van der Waals surface area contributed by atoms with Gasteiger partial charge in [-0.3, -0.25) is 0 Å². The molecule has 0 radical (unpaired) electrons. The minimum atomic E-state index is 0.701. The van der Waals surface area contributed by atoms with E-state index in [1.54, 1.807) is 26.0 Å². The van der Waals surface area contributed by atoms with E-state index in [-0.39, 0.29) is 0 Å². The highest BCUT2D eigenvalue weighted by atomic mass is 32.2. The van der Waals surface area contributed by atoms with Gasteiger partial charge in [0.2, 0.25) is 0 Å². The molecule has 0 saturated carbocycles. The number of para-hydroxylation sites is 1. The molecule has 190 valence electrons. The van der Waals surface area contributed by atoms with Gasteiger partial charge in [0.25, 0.3) is 0 Å². The van der Waals surface area contributed by atoms with E-state index in [0.717, 1.165) is 53.4 Å². The molecule has 7 heteroatoms. The van der Waals surface area contributed by atoms with Crippen LogP contribution in [0.2, 0.25) is 0 Å². The zero-order valence-corrected chi connectivity index (χ0v) is 22.0. The molecule has 0 atom stereocenters. The molecule has 0 aliphatic carbocycles. The summed E-state index contributed by atoms with van der Waals surface area (Å²) in [6.07, 6.45) is 7.61. The van der Waals surface area contributed by atoms with E-state index in [1.165, 1.54) is 24.8 Å². The zero-order valence-electron chi connectivity index (χ0n) is 21.2. The van der Waals surface area contributed by atoms with Crippen molar-refractivity contribution in [1.29, 1.82) is 0 Å². The van der Waals surface area contributed by atoms with Crippen LogP contribution in [0.3, 0.4) is 0 Å². The van der Waals surface area contributed by atoms with E-state index in [9.17, 15) is 0 Å². The summed E-state index contributed by atoms with van der Waals surface area (Å²) in [7, 11) is 3.42. The number of aryl methyl sites for hydroxylation is 1. The predicted molar refractivity (Wildman–Crippen MR) is 147 cm³/mol. The molecule has 0 bridgehead atoms. The van der Waals surface area contributed by atoms with Gasteiger partial charge in [0.1, 0.15) is 25.1 Å². The summed E-state index contributed by atoms with van der Waals surface area (Å²) in [5, 5.41) is 1.08. The lowest BCUT2D eigenvalue weighted by Crippen LogP contribution is -2.37. The molecule has 0 N–H and O–H groups in total. The Kier molecular flexibility index (Phi) is 14.9. The Morgan fingerprint density at radius 3 is 2.20 bits per heavy atom. The summed E-state index contributed by atoms with van der Waals surface area (Å²) in [4.78, 5) is 23.3. The Bertz CT molecular complexity index is 907. The third-order valence-corrected chi connectivity index (χ3v) is 6.62. The number of rotatable bonds is 8. The van der Waals surface area contributed by atoms with Crippen LogP contribution in [-0.4, -0.2) is 57.2 Å². The van der Waals surface area contributed by atoms with Crippen LogP contribution in [0.15, 0.2) is 65.8 Å². The van der Waals surface area contributed by atoms with E-state index >= 15 is 0 Å². The van der Waals surface area contributed by atoms with Crippen molar-refractivity contribution < 1.29 is 19.1 Å². The number of carbonyl (C=O) groups is 2. The maximum absolute atomic E-state index is 8.00. The van der Waals surface area contributed by atoms with Crippen LogP contribution in [-0.2, 0) is 22.4 Å². The fourth-order valence-electron chi connectivity index (χ4n) is 4.07. The predicted octanol–water partition coefficient (Wildman–Crippen LogP) is 5.45. The summed E-state index contributed by atoms with van der Waals surface area (Å²) in [5.74, 6) is 2.59. The number of nitrogens with zero attached hydrogens (tertiary/aromatic N) is 2. The molecule has 2 aromatic rings. The lowest BCUT2D eigenvalue weighted by atomic mass is 9.91. The number of amidine groups is 1. The van der Waals surface area contributed by atoms with Crippen LogP contribution in [0.1, 0.15) is 30.4 Å². The number of piperidine rings is 1. The highest BCUT2D eigenvalue weighted by molar-refractivity contribution is 8.13. The standard InChI is InChI=1S/C26H34N2O2S.2CH2O/c1-20(19-23-7-5-6-8-25(23)30-3)27-26(31-4)28-17-15-22(16-18-28)10-9-21-11-13-24(29-2)14-12-21;2*1-2/h5-8,11-14,22H,1,9-10,15-19H2,2-4H3;2*1H2. The molecular formula is C28H38N2O4S. The summed E-state index contributed by atoms with van der Waals surface area (Å²) < 4.78 is 10.7. The fraction of sp³-hybridized carbons (Fsp3) is 0.393. The molecule has 0 aromatic heterocycles. The van der Waals surface area contributed by atoms with Crippen molar-refractivity contribution in [2.45, 2.75) is 32.1 Å². The van der Waals surface area contributed by atoms with E-state index in [1.807, 2.05) is 31.8 Å². The Morgan fingerprint density at radius 1 is 1.00 bits per heavy atom. The average Bonchev–Trinajstić information content (AvgIpc) is 2.93. The van der Waals surface area contributed by atoms with Crippen molar-refractivity contribution in [3.05, 3.63) is 71.9 Å². The Hall–Kier alpha value is -3.06.